The molecule has 3 heterocycles. The molecular formula is C29H23N5O. The summed E-state index contributed by atoms with van der Waals surface area (Å²) in [6, 6.07) is 28.2. The van der Waals surface area contributed by atoms with Gasteiger partial charge in [-0.3, -0.25) is 14.5 Å². The first-order valence-corrected chi connectivity index (χ1v) is 11.5. The van der Waals surface area contributed by atoms with Crippen molar-refractivity contribution in [2.24, 2.45) is 0 Å². The third-order valence-electron chi connectivity index (χ3n) is 6.35. The molecule has 0 atom stereocenters. The van der Waals surface area contributed by atoms with Gasteiger partial charge in [-0.05, 0) is 48.7 Å². The van der Waals surface area contributed by atoms with E-state index in [0.717, 1.165) is 44.5 Å². The van der Waals surface area contributed by atoms with Crippen LogP contribution in [0.3, 0.4) is 0 Å². The Bertz CT molecular complexity index is 1690. The fraction of sp³-hybridized carbons (Fsp3) is 0.103. The quantitative estimate of drug-likeness (QED) is 0.355. The molecule has 0 unspecified atom stereocenters. The Hall–Kier alpha value is -4.58. The highest BCUT2D eigenvalue weighted by atomic mass is 16.1. The Balaban J connectivity index is 1.44. The number of aromatic nitrogens is 5. The van der Waals surface area contributed by atoms with Gasteiger partial charge in [-0.2, -0.15) is 14.9 Å². The van der Waals surface area contributed by atoms with Crippen molar-refractivity contribution in [2.45, 2.75) is 20.4 Å². The molecule has 0 aliphatic carbocycles. The average Bonchev–Trinajstić information content (AvgIpc) is 3.21. The van der Waals surface area contributed by atoms with Crippen LogP contribution in [0, 0.1) is 13.8 Å². The highest BCUT2D eigenvalue weighted by Crippen LogP contribution is 2.27. The van der Waals surface area contributed by atoms with E-state index in [0.29, 0.717) is 17.9 Å². The van der Waals surface area contributed by atoms with Gasteiger partial charge in [0.1, 0.15) is 5.69 Å². The molecule has 170 valence electrons. The van der Waals surface area contributed by atoms with Gasteiger partial charge in [0.25, 0.3) is 0 Å². The molecule has 6 rings (SSSR count). The minimum absolute atomic E-state index is 0.212. The van der Waals surface area contributed by atoms with Gasteiger partial charge in [-0.1, -0.05) is 66.7 Å². The second-order valence-electron chi connectivity index (χ2n) is 8.76. The number of aryl methyl sites for hydroxylation is 2. The van der Waals surface area contributed by atoms with Crippen LogP contribution in [-0.4, -0.2) is 24.5 Å². The zero-order valence-corrected chi connectivity index (χ0v) is 19.5. The van der Waals surface area contributed by atoms with Crippen LogP contribution in [0.4, 0.5) is 0 Å². The van der Waals surface area contributed by atoms with Crippen LogP contribution in [0.5, 0.6) is 0 Å². The van der Waals surface area contributed by atoms with E-state index >= 15 is 0 Å². The zero-order chi connectivity index (χ0) is 23.9. The van der Waals surface area contributed by atoms with E-state index in [2.05, 4.69) is 35.3 Å². The van der Waals surface area contributed by atoms with Crippen LogP contribution in [0.2, 0.25) is 0 Å². The maximum absolute atomic E-state index is 13.4. The van der Waals surface area contributed by atoms with Gasteiger partial charge >= 0.3 is 5.56 Å². The van der Waals surface area contributed by atoms with E-state index in [-0.39, 0.29) is 5.56 Å². The summed E-state index contributed by atoms with van der Waals surface area (Å²) in [5.74, 6) is 0. The number of hydrogen-bond donors (Lipinski definition) is 0. The standard InChI is InChI=1S/C29H23N5O/c1-19-7-3-5-9-25(19)34-29(35)28-27(32-34)24-8-4-6-10-26(24)33(31-28)18-21-12-15-22(16-13-21)23-14-11-20(2)30-17-23/h3-17H,18H2,1-2H3. The van der Waals surface area contributed by atoms with Crippen molar-refractivity contribution >= 4 is 10.9 Å². The maximum Gasteiger partial charge on any atom is 0.301 e. The average molecular weight is 458 g/mol. The molecule has 1 aromatic heterocycles. The number of benzene rings is 3. The Morgan fingerprint density at radius 1 is 0.743 bits per heavy atom. The third kappa shape index (κ3) is 3.69. The van der Waals surface area contributed by atoms with E-state index in [1.807, 2.05) is 79.3 Å². The Morgan fingerprint density at radius 2 is 1.49 bits per heavy atom. The van der Waals surface area contributed by atoms with Gasteiger partial charge < -0.3 is 0 Å². The molecule has 3 aromatic carbocycles. The third-order valence-corrected chi connectivity index (χ3v) is 6.35. The topological polar surface area (TPSA) is 65.6 Å². The van der Waals surface area contributed by atoms with Crippen LogP contribution in [0.15, 0.2) is 95.9 Å². The highest BCUT2D eigenvalue weighted by Gasteiger charge is 2.23. The highest BCUT2D eigenvalue weighted by molar-refractivity contribution is 5.92. The molecule has 0 amide bonds. The molecule has 2 aliphatic heterocycles. The second kappa shape index (κ2) is 8.33. The first kappa shape index (κ1) is 21.0. The molecule has 0 spiro atoms. The van der Waals surface area contributed by atoms with Gasteiger partial charge in [-0.15, -0.1) is 0 Å². The second-order valence-corrected chi connectivity index (χ2v) is 8.76. The van der Waals surface area contributed by atoms with Gasteiger partial charge in [-0.25, -0.2) is 0 Å². The lowest BCUT2D eigenvalue weighted by atomic mass is 10.1. The van der Waals surface area contributed by atoms with Crippen molar-refractivity contribution in [3.05, 3.63) is 118 Å². The molecule has 6 nitrogen and oxygen atoms in total. The van der Waals surface area contributed by atoms with Gasteiger partial charge in [0, 0.05) is 22.8 Å². The lowest BCUT2D eigenvalue weighted by Gasteiger charge is -2.13. The minimum Gasteiger partial charge on any atom is -0.265 e. The summed E-state index contributed by atoms with van der Waals surface area (Å²) in [6.07, 6.45) is 1.89. The van der Waals surface area contributed by atoms with Crippen LogP contribution in [-0.2, 0) is 6.54 Å². The summed E-state index contributed by atoms with van der Waals surface area (Å²) in [4.78, 5) is 17.8. The van der Waals surface area contributed by atoms with Crippen molar-refractivity contribution in [2.75, 3.05) is 0 Å². The van der Waals surface area contributed by atoms with Crippen LogP contribution in [0.25, 0.3) is 39.1 Å². The van der Waals surface area contributed by atoms with E-state index in [9.17, 15) is 4.79 Å². The summed E-state index contributed by atoms with van der Waals surface area (Å²) in [7, 11) is 0. The molecule has 0 bridgehead atoms. The molecule has 0 N–H and O–H groups in total. The lowest BCUT2D eigenvalue weighted by Crippen LogP contribution is -2.18. The Labute approximate surface area is 202 Å². The predicted octanol–water partition coefficient (Wildman–Crippen LogP) is 5.41. The summed E-state index contributed by atoms with van der Waals surface area (Å²) in [5, 5.41) is 10.4. The molecule has 4 aromatic rings. The largest absolute Gasteiger partial charge is 0.301 e. The number of fused-ring (bicyclic) bond motifs is 3. The summed E-state index contributed by atoms with van der Waals surface area (Å²) >= 11 is 0. The molecule has 0 fully saturated rings. The van der Waals surface area contributed by atoms with Gasteiger partial charge in [0.2, 0.25) is 0 Å². The van der Waals surface area contributed by atoms with E-state index in [1.165, 1.54) is 4.68 Å². The zero-order valence-electron chi connectivity index (χ0n) is 19.5. The monoisotopic (exact) mass is 457 g/mol. The van der Waals surface area contributed by atoms with Gasteiger partial charge in [0.05, 0.1) is 17.7 Å². The van der Waals surface area contributed by atoms with Gasteiger partial charge in [0.15, 0.2) is 5.69 Å². The van der Waals surface area contributed by atoms with Crippen LogP contribution < -0.4 is 5.56 Å². The molecule has 2 aliphatic rings. The summed E-state index contributed by atoms with van der Waals surface area (Å²) < 4.78 is 3.36. The molecule has 0 radical (unpaired) electrons. The number of para-hydroxylation sites is 2. The fourth-order valence-electron chi connectivity index (χ4n) is 4.44. The number of rotatable bonds is 4. The minimum atomic E-state index is -0.212. The first-order chi connectivity index (χ1) is 17.1. The number of hydrogen-bond acceptors (Lipinski definition) is 4. The maximum atomic E-state index is 13.4. The molecular weight excluding hydrogens is 434 g/mol. The van der Waals surface area contributed by atoms with Crippen LogP contribution in [0.1, 0.15) is 16.8 Å². The van der Waals surface area contributed by atoms with E-state index in [1.54, 1.807) is 0 Å². The van der Waals surface area contributed by atoms with Crippen molar-refractivity contribution in [1.29, 1.82) is 0 Å². The molecule has 0 saturated carbocycles. The Kier molecular flexibility index (Phi) is 4.99. The molecule has 6 heteroatoms. The van der Waals surface area contributed by atoms with E-state index in [4.69, 9.17) is 10.2 Å². The lowest BCUT2D eigenvalue weighted by molar-refractivity contribution is 0.699. The number of nitrogens with zero attached hydrogens (tertiary/aromatic N) is 5. The predicted molar refractivity (Wildman–Crippen MR) is 138 cm³/mol. The number of pyridine rings is 1. The first-order valence-electron chi connectivity index (χ1n) is 11.5. The molecule has 35 heavy (non-hydrogen) atoms. The summed E-state index contributed by atoms with van der Waals surface area (Å²) in [6.45, 7) is 4.50. The van der Waals surface area contributed by atoms with Crippen LogP contribution >= 0.6 is 0 Å². The van der Waals surface area contributed by atoms with Crippen molar-refractivity contribution in [1.82, 2.24) is 24.5 Å². The SMILES string of the molecule is Cc1ccc(-c2ccc(Cn3nc4c(=O)n(-c5ccccc5C)nc-4c4ccccc43)cc2)cn1. The smallest absolute Gasteiger partial charge is 0.265 e. The fourth-order valence-corrected chi connectivity index (χ4v) is 4.44. The van der Waals surface area contributed by atoms with Crippen molar-refractivity contribution < 1.29 is 0 Å². The molecule has 0 saturated heterocycles. The Morgan fingerprint density at radius 3 is 2.26 bits per heavy atom. The van der Waals surface area contributed by atoms with Crippen molar-refractivity contribution in [3.63, 3.8) is 0 Å². The van der Waals surface area contributed by atoms with Crippen molar-refractivity contribution in [3.8, 4) is 28.2 Å². The summed E-state index contributed by atoms with van der Waals surface area (Å²) in [5.41, 5.74) is 7.75. The normalized spacial score (nSPS) is 11.4. The van der Waals surface area contributed by atoms with E-state index < -0.39 is 0 Å².